The molecule has 146 valence electrons. The summed E-state index contributed by atoms with van der Waals surface area (Å²) < 4.78 is 10.5. The molecule has 1 saturated heterocycles. The van der Waals surface area contributed by atoms with Crippen molar-refractivity contribution in [1.29, 1.82) is 0 Å². The highest BCUT2D eigenvalue weighted by Gasteiger charge is 2.21. The van der Waals surface area contributed by atoms with Crippen LogP contribution in [0.4, 0.5) is 11.4 Å². The van der Waals surface area contributed by atoms with Gasteiger partial charge in [-0.25, -0.2) is 0 Å². The Morgan fingerprint density at radius 2 is 2.19 bits per heavy atom. The van der Waals surface area contributed by atoms with Gasteiger partial charge in [-0.1, -0.05) is 16.8 Å². The van der Waals surface area contributed by atoms with Crippen LogP contribution in [0.15, 0.2) is 22.7 Å². The van der Waals surface area contributed by atoms with Crippen LogP contribution in [0.5, 0.6) is 0 Å². The molecule has 3 rings (SSSR count). The molecule has 1 aromatic heterocycles. The molecule has 0 N–H and O–H groups in total. The quantitative estimate of drug-likeness (QED) is 0.543. The topological polar surface area (TPSA) is 97.8 Å². The van der Waals surface area contributed by atoms with Gasteiger partial charge in [0.1, 0.15) is 6.10 Å². The predicted molar refractivity (Wildman–Crippen MR) is 99.9 cm³/mol. The van der Waals surface area contributed by atoms with E-state index in [1.54, 1.807) is 13.2 Å². The molecule has 27 heavy (non-hydrogen) atoms. The first-order valence-electron chi connectivity index (χ1n) is 8.74. The largest absolute Gasteiger partial charge is 0.374 e. The van der Waals surface area contributed by atoms with Crippen LogP contribution in [0, 0.1) is 10.1 Å². The fraction of sp³-hybridized carbons (Fsp3) is 0.529. The Hall–Kier alpha value is -2.23. The smallest absolute Gasteiger partial charge is 0.271 e. The molecule has 1 fully saturated rings. The zero-order valence-electron chi connectivity index (χ0n) is 15.3. The number of non-ortho nitro benzene ring substituents is 1. The maximum Gasteiger partial charge on any atom is 0.271 e. The van der Waals surface area contributed by atoms with Crippen LogP contribution in [0.25, 0.3) is 0 Å². The molecule has 0 spiro atoms. The Morgan fingerprint density at radius 3 is 2.89 bits per heavy atom. The maximum absolute atomic E-state index is 10.9. The van der Waals surface area contributed by atoms with Crippen LogP contribution in [0.1, 0.15) is 31.2 Å². The zero-order valence-corrected chi connectivity index (χ0v) is 16.1. The summed E-state index contributed by atoms with van der Waals surface area (Å²) in [5, 5.41) is 15.2. The fourth-order valence-corrected chi connectivity index (χ4v) is 3.32. The number of hydrogen-bond acceptors (Lipinski definition) is 8. The lowest BCUT2D eigenvalue weighted by Crippen LogP contribution is -2.30. The summed E-state index contributed by atoms with van der Waals surface area (Å²) in [7, 11) is 1.60. The standard InChI is InChI=1S/C17H22ClN5O4/c1-12(26-2)17-19-16(27-20-17)11-21-6-3-7-22(9-8-21)15-5-4-13(23(24)25)10-14(15)18/h4-5,10,12H,3,6-9,11H2,1-2H3. The lowest BCUT2D eigenvalue weighted by Gasteiger charge is -2.24. The molecular formula is C17H22ClN5O4. The van der Waals surface area contributed by atoms with Crippen LogP contribution in [0.3, 0.4) is 0 Å². The monoisotopic (exact) mass is 395 g/mol. The second-order valence-electron chi connectivity index (χ2n) is 6.43. The first kappa shape index (κ1) is 19.5. The van der Waals surface area contributed by atoms with Crippen molar-refractivity contribution in [3.63, 3.8) is 0 Å². The molecule has 1 unspecified atom stereocenters. The number of nitro benzene ring substituents is 1. The molecule has 1 aliphatic heterocycles. The van der Waals surface area contributed by atoms with Crippen molar-refractivity contribution >= 4 is 23.0 Å². The predicted octanol–water partition coefficient (Wildman–Crippen LogP) is 3.05. The van der Waals surface area contributed by atoms with E-state index in [1.807, 2.05) is 6.92 Å². The van der Waals surface area contributed by atoms with E-state index in [9.17, 15) is 10.1 Å². The Labute approximate surface area is 162 Å². The number of halogens is 1. The molecule has 0 bridgehead atoms. The van der Waals surface area contributed by atoms with E-state index in [0.717, 1.165) is 38.3 Å². The summed E-state index contributed by atoms with van der Waals surface area (Å²) in [5.41, 5.74) is 0.816. The van der Waals surface area contributed by atoms with Gasteiger partial charge in [0.25, 0.3) is 5.69 Å². The van der Waals surface area contributed by atoms with Crippen molar-refractivity contribution in [3.8, 4) is 0 Å². The fourth-order valence-electron chi connectivity index (χ4n) is 3.03. The second-order valence-corrected chi connectivity index (χ2v) is 6.84. The zero-order chi connectivity index (χ0) is 19.4. The van der Waals surface area contributed by atoms with E-state index in [-0.39, 0.29) is 11.8 Å². The van der Waals surface area contributed by atoms with Gasteiger partial charge < -0.3 is 14.2 Å². The normalized spacial score (nSPS) is 16.9. The second kappa shape index (κ2) is 8.64. The average molecular weight is 396 g/mol. The minimum atomic E-state index is -0.442. The highest BCUT2D eigenvalue weighted by Crippen LogP contribution is 2.30. The molecule has 2 aromatic rings. The number of ether oxygens (including phenoxy) is 1. The molecule has 0 aliphatic carbocycles. The van der Waals surface area contributed by atoms with Crippen molar-refractivity contribution in [1.82, 2.24) is 15.0 Å². The molecule has 1 atom stereocenters. The summed E-state index contributed by atoms with van der Waals surface area (Å²) in [6.45, 7) is 5.71. The number of anilines is 1. The van der Waals surface area contributed by atoms with Gasteiger partial charge in [-0.05, 0) is 19.4 Å². The Kier molecular flexibility index (Phi) is 6.25. The van der Waals surface area contributed by atoms with Crippen molar-refractivity contribution < 1.29 is 14.2 Å². The Balaban J connectivity index is 1.62. The molecule has 9 nitrogen and oxygen atoms in total. The van der Waals surface area contributed by atoms with E-state index in [2.05, 4.69) is 19.9 Å². The summed E-state index contributed by atoms with van der Waals surface area (Å²) in [4.78, 5) is 19.2. The third-order valence-electron chi connectivity index (χ3n) is 4.63. The average Bonchev–Trinajstić information content (AvgIpc) is 3.00. The van der Waals surface area contributed by atoms with E-state index in [0.29, 0.717) is 23.3 Å². The molecule has 1 aliphatic rings. The molecule has 0 amide bonds. The highest BCUT2D eigenvalue weighted by molar-refractivity contribution is 6.33. The van der Waals surface area contributed by atoms with Gasteiger partial charge >= 0.3 is 0 Å². The molecular weight excluding hydrogens is 374 g/mol. The number of benzene rings is 1. The first-order valence-corrected chi connectivity index (χ1v) is 9.12. The van der Waals surface area contributed by atoms with E-state index >= 15 is 0 Å². The number of methoxy groups -OCH3 is 1. The van der Waals surface area contributed by atoms with Gasteiger partial charge in [-0.3, -0.25) is 15.0 Å². The van der Waals surface area contributed by atoms with Crippen LogP contribution in [0.2, 0.25) is 5.02 Å². The van der Waals surface area contributed by atoms with Gasteiger partial charge in [0.15, 0.2) is 5.82 Å². The van der Waals surface area contributed by atoms with Crippen molar-refractivity contribution in [2.75, 3.05) is 38.2 Å². The van der Waals surface area contributed by atoms with Gasteiger partial charge in [-0.2, -0.15) is 4.98 Å². The molecule has 2 heterocycles. The van der Waals surface area contributed by atoms with E-state index < -0.39 is 4.92 Å². The molecule has 1 aromatic carbocycles. The number of nitro groups is 1. The minimum Gasteiger partial charge on any atom is -0.374 e. The van der Waals surface area contributed by atoms with Crippen molar-refractivity contribution in [2.45, 2.75) is 26.0 Å². The van der Waals surface area contributed by atoms with E-state index in [4.69, 9.17) is 20.9 Å². The van der Waals surface area contributed by atoms with Crippen LogP contribution in [-0.2, 0) is 11.3 Å². The molecule has 10 heteroatoms. The van der Waals surface area contributed by atoms with Gasteiger partial charge in [0.05, 0.1) is 22.2 Å². The number of aromatic nitrogens is 2. The summed E-state index contributed by atoms with van der Waals surface area (Å²) in [6.07, 6.45) is 0.731. The third kappa shape index (κ3) is 4.74. The van der Waals surface area contributed by atoms with Crippen LogP contribution in [-0.4, -0.2) is 53.3 Å². The summed E-state index contributed by atoms with van der Waals surface area (Å²) >= 11 is 6.27. The van der Waals surface area contributed by atoms with Gasteiger partial charge in [-0.15, -0.1) is 0 Å². The van der Waals surface area contributed by atoms with Crippen LogP contribution >= 0.6 is 11.6 Å². The van der Waals surface area contributed by atoms with Crippen molar-refractivity contribution in [2.24, 2.45) is 0 Å². The molecule has 0 radical (unpaired) electrons. The summed E-state index contributed by atoms with van der Waals surface area (Å²) in [6, 6.07) is 4.60. The number of hydrogen-bond donors (Lipinski definition) is 0. The lowest BCUT2D eigenvalue weighted by molar-refractivity contribution is -0.384. The van der Waals surface area contributed by atoms with Crippen molar-refractivity contribution in [3.05, 3.63) is 45.1 Å². The SMILES string of the molecule is COC(C)c1noc(CN2CCCN(c3ccc([N+](=O)[O-])cc3Cl)CC2)n1. The Bertz CT molecular complexity index is 799. The third-order valence-corrected chi connectivity index (χ3v) is 4.93. The van der Waals surface area contributed by atoms with Crippen LogP contribution < -0.4 is 4.90 Å². The van der Waals surface area contributed by atoms with Gasteiger partial charge in [0.2, 0.25) is 5.89 Å². The maximum atomic E-state index is 10.9. The Morgan fingerprint density at radius 1 is 1.37 bits per heavy atom. The number of nitrogens with zero attached hydrogens (tertiary/aromatic N) is 5. The molecule has 0 saturated carbocycles. The summed E-state index contributed by atoms with van der Waals surface area (Å²) in [5.74, 6) is 1.11. The first-order chi connectivity index (χ1) is 13.0. The lowest BCUT2D eigenvalue weighted by atomic mass is 10.2. The highest BCUT2D eigenvalue weighted by atomic mass is 35.5. The van der Waals surface area contributed by atoms with E-state index in [1.165, 1.54) is 12.1 Å². The minimum absolute atomic E-state index is 0.00214. The number of rotatable bonds is 6. The van der Waals surface area contributed by atoms with Gasteiger partial charge in [0, 0.05) is 45.4 Å².